The van der Waals surface area contributed by atoms with Crippen LogP contribution < -0.4 is 11.1 Å². The van der Waals surface area contributed by atoms with Crippen molar-refractivity contribution in [3.63, 3.8) is 0 Å². The summed E-state index contributed by atoms with van der Waals surface area (Å²) in [5.74, 6) is 1.28. The third-order valence-electron chi connectivity index (χ3n) is 2.78. The molecule has 1 aromatic rings. The van der Waals surface area contributed by atoms with Crippen LogP contribution in [0.25, 0.3) is 0 Å². The highest BCUT2D eigenvalue weighted by molar-refractivity contribution is 7.09. The van der Waals surface area contributed by atoms with Gasteiger partial charge in [0, 0.05) is 4.88 Å². The first-order valence-corrected chi connectivity index (χ1v) is 6.55. The van der Waals surface area contributed by atoms with Gasteiger partial charge in [0.05, 0.1) is 0 Å². The molecule has 0 aliphatic rings. The van der Waals surface area contributed by atoms with Gasteiger partial charge in [-0.2, -0.15) is 0 Å². The van der Waals surface area contributed by atoms with Crippen LogP contribution in [-0.2, 0) is 6.42 Å². The van der Waals surface area contributed by atoms with Crippen molar-refractivity contribution < 1.29 is 0 Å². The minimum atomic E-state index is 0.605. The van der Waals surface area contributed by atoms with Crippen LogP contribution >= 0.6 is 11.3 Å². The zero-order valence-electron chi connectivity index (χ0n) is 9.70. The molecule has 0 aliphatic carbocycles. The van der Waals surface area contributed by atoms with Gasteiger partial charge in [-0.15, -0.1) is 11.3 Å². The Morgan fingerprint density at radius 3 is 2.80 bits per heavy atom. The van der Waals surface area contributed by atoms with E-state index in [9.17, 15) is 0 Å². The smallest absolute Gasteiger partial charge is 0.00578 e. The summed E-state index contributed by atoms with van der Waals surface area (Å²) < 4.78 is 0. The fraction of sp³-hybridized carbons (Fsp3) is 0.667. The van der Waals surface area contributed by atoms with E-state index in [4.69, 9.17) is 5.73 Å². The first kappa shape index (κ1) is 12.7. The summed E-state index contributed by atoms with van der Waals surface area (Å²) >= 11 is 1.83. The molecular formula is C12H22N2S. The van der Waals surface area contributed by atoms with Crippen molar-refractivity contribution in [2.45, 2.75) is 20.3 Å². The largest absolute Gasteiger partial charge is 0.330 e. The van der Waals surface area contributed by atoms with E-state index in [0.29, 0.717) is 11.8 Å². The van der Waals surface area contributed by atoms with Crippen LogP contribution in [0.1, 0.15) is 18.7 Å². The lowest BCUT2D eigenvalue weighted by Crippen LogP contribution is -2.32. The summed E-state index contributed by atoms with van der Waals surface area (Å²) in [6.45, 7) is 7.35. The maximum atomic E-state index is 5.71. The lowest BCUT2D eigenvalue weighted by atomic mass is 9.96. The molecule has 0 fully saturated rings. The van der Waals surface area contributed by atoms with Gasteiger partial charge in [-0.3, -0.25) is 0 Å². The highest BCUT2D eigenvalue weighted by atomic mass is 32.1. The molecule has 0 aliphatic heterocycles. The molecule has 15 heavy (non-hydrogen) atoms. The molecule has 0 radical (unpaired) electrons. The third kappa shape index (κ3) is 4.78. The summed E-state index contributed by atoms with van der Waals surface area (Å²) in [7, 11) is 0. The molecule has 86 valence electrons. The van der Waals surface area contributed by atoms with Crippen molar-refractivity contribution in [2.75, 3.05) is 19.6 Å². The Labute approximate surface area is 96.9 Å². The van der Waals surface area contributed by atoms with E-state index in [2.05, 4.69) is 36.7 Å². The quantitative estimate of drug-likeness (QED) is 0.699. The minimum Gasteiger partial charge on any atom is -0.330 e. The summed E-state index contributed by atoms with van der Waals surface area (Å²) in [4.78, 5) is 1.45. The van der Waals surface area contributed by atoms with Crippen molar-refractivity contribution in [3.8, 4) is 0 Å². The topological polar surface area (TPSA) is 38.0 Å². The fourth-order valence-corrected chi connectivity index (χ4v) is 2.25. The molecule has 0 bridgehead atoms. The van der Waals surface area contributed by atoms with Crippen LogP contribution in [0.3, 0.4) is 0 Å². The summed E-state index contributed by atoms with van der Waals surface area (Å²) in [6, 6.07) is 4.30. The maximum Gasteiger partial charge on any atom is 0.00578 e. The Bertz CT molecular complexity index is 244. The van der Waals surface area contributed by atoms with E-state index >= 15 is 0 Å². The van der Waals surface area contributed by atoms with Crippen LogP contribution in [-0.4, -0.2) is 19.6 Å². The molecule has 0 amide bonds. The van der Waals surface area contributed by atoms with Crippen molar-refractivity contribution in [2.24, 2.45) is 17.6 Å². The zero-order chi connectivity index (χ0) is 11.1. The minimum absolute atomic E-state index is 0.605. The van der Waals surface area contributed by atoms with Crippen molar-refractivity contribution in [1.29, 1.82) is 0 Å². The predicted molar refractivity (Wildman–Crippen MR) is 68.3 cm³/mol. The Kier molecular flexibility index (Phi) is 5.91. The van der Waals surface area contributed by atoms with Crippen LogP contribution in [0.15, 0.2) is 17.5 Å². The maximum absolute atomic E-state index is 5.71. The van der Waals surface area contributed by atoms with Crippen LogP contribution in [0.5, 0.6) is 0 Å². The molecule has 1 heterocycles. The lowest BCUT2D eigenvalue weighted by Gasteiger charge is -2.19. The summed E-state index contributed by atoms with van der Waals surface area (Å²) in [6.07, 6.45) is 1.13. The fourth-order valence-electron chi connectivity index (χ4n) is 1.55. The van der Waals surface area contributed by atoms with Crippen molar-refractivity contribution >= 4 is 11.3 Å². The van der Waals surface area contributed by atoms with Gasteiger partial charge in [0.25, 0.3) is 0 Å². The van der Waals surface area contributed by atoms with E-state index in [-0.39, 0.29) is 0 Å². The molecule has 0 aromatic carbocycles. The second-order valence-corrected chi connectivity index (χ2v) is 5.31. The third-order valence-corrected chi connectivity index (χ3v) is 3.72. The van der Waals surface area contributed by atoms with Gasteiger partial charge in [-0.05, 0) is 49.3 Å². The van der Waals surface area contributed by atoms with Gasteiger partial charge in [-0.25, -0.2) is 0 Å². The second kappa shape index (κ2) is 6.99. The highest BCUT2D eigenvalue weighted by Gasteiger charge is 2.10. The Balaban J connectivity index is 2.10. The lowest BCUT2D eigenvalue weighted by molar-refractivity contribution is 0.372. The van der Waals surface area contributed by atoms with Crippen molar-refractivity contribution in [1.82, 2.24) is 5.32 Å². The van der Waals surface area contributed by atoms with Gasteiger partial charge in [-0.1, -0.05) is 19.9 Å². The Morgan fingerprint density at radius 2 is 2.27 bits per heavy atom. The van der Waals surface area contributed by atoms with Gasteiger partial charge in [0.15, 0.2) is 0 Å². The van der Waals surface area contributed by atoms with Gasteiger partial charge < -0.3 is 11.1 Å². The molecule has 3 heteroatoms. The monoisotopic (exact) mass is 226 g/mol. The van der Waals surface area contributed by atoms with E-state index in [1.807, 2.05) is 11.3 Å². The highest BCUT2D eigenvalue weighted by Crippen LogP contribution is 2.09. The second-order valence-electron chi connectivity index (χ2n) is 4.27. The SMILES string of the molecule is CC(C)C(CN)CNCCc1cccs1. The first-order valence-electron chi connectivity index (χ1n) is 5.67. The van der Waals surface area contributed by atoms with Gasteiger partial charge in [0.1, 0.15) is 0 Å². The first-order chi connectivity index (χ1) is 7.24. The average molecular weight is 226 g/mol. The number of hydrogen-bond acceptors (Lipinski definition) is 3. The molecule has 1 atom stereocenters. The van der Waals surface area contributed by atoms with Crippen LogP contribution in [0, 0.1) is 11.8 Å². The van der Waals surface area contributed by atoms with Crippen molar-refractivity contribution in [3.05, 3.63) is 22.4 Å². The predicted octanol–water partition coefficient (Wildman–Crippen LogP) is 2.11. The van der Waals surface area contributed by atoms with E-state index < -0.39 is 0 Å². The molecule has 0 saturated carbocycles. The molecule has 1 unspecified atom stereocenters. The summed E-state index contributed by atoms with van der Waals surface area (Å²) in [5.41, 5.74) is 5.71. The number of nitrogens with one attached hydrogen (secondary N) is 1. The van der Waals surface area contributed by atoms with Gasteiger partial charge >= 0.3 is 0 Å². The molecule has 1 rings (SSSR count). The van der Waals surface area contributed by atoms with E-state index in [1.165, 1.54) is 4.88 Å². The number of thiophene rings is 1. The van der Waals surface area contributed by atoms with Crippen LogP contribution in [0.4, 0.5) is 0 Å². The number of rotatable bonds is 7. The molecule has 2 nitrogen and oxygen atoms in total. The van der Waals surface area contributed by atoms with E-state index in [0.717, 1.165) is 26.1 Å². The zero-order valence-corrected chi connectivity index (χ0v) is 10.5. The molecule has 0 spiro atoms. The number of nitrogens with two attached hydrogens (primary N) is 1. The standard InChI is InChI=1S/C12H22N2S/c1-10(2)11(8-13)9-14-6-5-12-4-3-7-15-12/h3-4,7,10-11,14H,5-6,8-9,13H2,1-2H3. The Morgan fingerprint density at radius 1 is 1.47 bits per heavy atom. The average Bonchev–Trinajstić information content (AvgIpc) is 2.70. The Hall–Kier alpha value is -0.380. The van der Waals surface area contributed by atoms with Gasteiger partial charge in [0.2, 0.25) is 0 Å². The molecule has 3 N–H and O–H groups in total. The summed E-state index contributed by atoms with van der Waals surface area (Å²) in [5, 5.41) is 5.61. The molecular weight excluding hydrogens is 204 g/mol. The number of hydrogen-bond donors (Lipinski definition) is 2. The van der Waals surface area contributed by atoms with Crippen LogP contribution in [0.2, 0.25) is 0 Å². The normalized spacial score (nSPS) is 13.3. The van der Waals surface area contributed by atoms with E-state index in [1.54, 1.807) is 0 Å². The molecule has 0 saturated heterocycles. The molecule has 1 aromatic heterocycles.